The first-order valence-corrected chi connectivity index (χ1v) is 11.4. The van der Waals surface area contributed by atoms with Gasteiger partial charge in [-0.05, 0) is 20.3 Å². The fourth-order valence-corrected chi connectivity index (χ4v) is 6.83. The van der Waals surface area contributed by atoms with E-state index in [1.165, 1.54) is 27.7 Å². The van der Waals surface area contributed by atoms with E-state index in [1.807, 2.05) is 6.92 Å². The largest absolute Gasteiger partial charge is 0.423 e. The first-order chi connectivity index (χ1) is 12.3. The summed E-state index contributed by atoms with van der Waals surface area (Å²) in [5, 5.41) is -1.10. The van der Waals surface area contributed by atoms with Crippen LogP contribution in [0.3, 0.4) is 0 Å². The predicted octanol–water partition coefficient (Wildman–Crippen LogP) is 1.90. The van der Waals surface area contributed by atoms with Crippen LogP contribution in [0.15, 0.2) is 0 Å². The summed E-state index contributed by atoms with van der Waals surface area (Å²) in [6, 6.07) is -1.30. The second kappa shape index (κ2) is 7.35. The smallest absolute Gasteiger partial charge is 0.333 e. The molecule has 2 rings (SSSR count). The average molecular weight is 468 g/mol. The van der Waals surface area contributed by atoms with E-state index in [1.54, 1.807) is 0 Å². The van der Waals surface area contributed by atoms with Gasteiger partial charge in [0.2, 0.25) is 5.91 Å². The van der Waals surface area contributed by atoms with E-state index >= 15 is 0 Å². The molecule has 3 atom stereocenters. The quantitative estimate of drug-likeness (QED) is 0.185. The van der Waals surface area contributed by atoms with Gasteiger partial charge in [-0.2, -0.15) is 0 Å². The number of esters is 2. The zero-order chi connectivity index (χ0) is 20.8. The van der Waals surface area contributed by atoms with Crippen molar-refractivity contribution < 1.29 is 32.3 Å². The lowest BCUT2D eigenvalue weighted by Crippen LogP contribution is -2.65. The molecule has 10 heteroatoms. The van der Waals surface area contributed by atoms with Crippen molar-refractivity contribution in [3.63, 3.8) is 0 Å². The van der Waals surface area contributed by atoms with E-state index in [2.05, 4.69) is 15.9 Å². The maximum Gasteiger partial charge on any atom is 0.333 e. The molecular formula is C17H26BrNO7S. The summed E-state index contributed by atoms with van der Waals surface area (Å²) in [6.45, 7) is 7.60. The van der Waals surface area contributed by atoms with Crippen molar-refractivity contribution in [2.75, 3.05) is 0 Å². The molecule has 0 radical (unpaired) electrons. The summed E-state index contributed by atoms with van der Waals surface area (Å²) in [5.41, 5.74) is 0. The van der Waals surface area contributed by atoms with Crippen LogP contribution in [0.25, 0.3) is 0 Å². The number of unbranched alkanes of at least 4 members (excludes halogenated alkanes) is 2. The Morgan fingerprint density at radius 1 is 1.22 bits per heavy atom. The van der Waals surface area contributed by atoms with E-state index < -0.39 is 54.5 Å². The van der Waals surface area contributed by atoms with Crippen LogP contribution in [0.4, 0.5) is 0 Å². The molecular weight excluding hydrogens is 442 g/mol. The Labute approximate surface area is 168 Å². The van der Waals surface area contributed by atoms with Gasteiger partial charge in [0.15, 0.2) is 15.2 Å². The highest BCUT2D eigenvalue weighted by Gasteiger charge is 2.72. The van der Waals surface area contributed by atoms with Gasteiger partial charge in [-0.15, -0.1) is 0 Å². The summed E-state index contributed by atoms with van der Waals surface area (Å²) in [5.74, 6) is -3.46. The summed E-state index contributed by atoms with van der Waals surface area (Å²) in [7, 11) is -3.79. The van der Waals surface area contributed by atoms with Gasteiger partial charge in [-0.3, -0.25) is 9.59 Å². The monoisotopic (exact) mass is 467 g/mol. The standard InChI is InChI=1S/C17H26BrNO7S/c1-6-7-8-9-10(20)25-17(4,5)26-15(22)12-16(2,3)27(23,24)14-11(18)13(21)19(12)14/h11-12,14H,6-9H2,1-5H3/t11-,12-,14+/m0/s1. The zero-order valence-electron chi connectivity index (χ0n) is 16.2. The highest BCUT2D eigenvalue weighted by atomic mass is 79.9. The number of fused-ring (bicyclic) bond motifs is 1. The van der Waals surface area contributed by atoms with Crippen LogP contribution in [0.5, 0.6) is 0 Å². The highest BCUT2D eigenvalue weighted by Crippen LogP contribution is 2.48. The lowest BCUT2D eigenvalue weighted by atomic mass is 9.98. The maximum absolute atomic E-state index is 12.8. The number of hydrogen-bond donors (Lipinski definition) is 0. The van der Waals surface area contributed by atoms with Crippen LogP contribution in [0.1, 0.15) is 60.3 Å². The Morgan fingerprint density at radius 2 is 1.81 bits per heavy atom. The van der Waals surface area contributed by atoms with Crippen molar-refractivity contribution in [3.05, 3.63) is 0 Å². The van der Waals surface area contributed by atoms with Gasteiger partial charge in [-0.1, -0.05) is 35.7 Å². The number of carbonyl (C=O) groups is 3. The summed E-state index contributed by atoms with van der Waals surface area (Å²) >= 11 is 3.07. The lowest BCUT2D eigenvalue weighted by Gasteiger charge is -2.40. The molecule has 0 aromatic carbocycles. The fourth-order valence-electron chi connectivity index (χ4n) is 3.39. The molecule has 2 saturated heterocycles. The summed E-state index contributed by atoms with van der Waals surface area (Å²) in [6.07, 6.45) is 2.71. The molecule has 0 aromatic rings. The van der Waals surface area contributed by atoms with Crippen molar-refractivity contribution in [3.8, 4) is 0 Å². The van der Waals surface area contributed by atoms with E-state index in [-0.39, 0.29) is 6.42 Å². The number of alkyl halides is 1. The normalized spacial score (nSPS) is 28.3. The van der Waals surface area contributed by atoms with Gasteiger partial charge in [0.1, 0.15) is 15.6 Å². The molecule has 2 aliphatic rings. The minimum atomic E-state index is -3.79. The van der Waals surface area contributed by atoms with E-state index in [9.17, 15) is 22.8 Å². The van der Waals surface area contributed by atoms with E-state index in [0.29, 0.717) is 6.42 Å². The molecule has 0 saturated carbocycles. The Morgan fingerprint density at radius 3 is 2.37 bits per heavy atom. The van der Waals surface area contributed by atoms with Crippen molar-refractivity contribution in [1.82, 2.24) is 4.90 Å². The van der Waals surface area contributed by atoms with Gasteiger partial charge >= 0.3 is 11.9 Å². The average Bonchev–Trinajstić information content (AvgIpc) is 2.67. The highest BCUT2D eigenvalue weighted by molar-refractivity contribution is 9.10. The summed E-state index contributed by atoms with van der Waals surface area (Å²) in [4.78, 5) is 37.0. The molecule has 2 heterocycles. The zero-order valence-corrected chi connectivity index (χ0v) is 18.6. The third-order valence-corrected chi connectivity index (χ3v) is 8.98. The minimum Gasteiger partial charge on any atom is -0.423 e. The second-order valence-electron chi connectivity index (χ2n) is 7.84. The molecule has 0 aliphatic carbocycles. The fraction of sp³-hybridized carbons (Fsp3) is 0.824. The molecule has 27 heavy (non-hydrogen) atoms. The Balaban J connectivity index is 2.12. The first kappa shape index (κ1) is 22.1. The van der Waals surface area contributed by atoms with Crippen molar-refractivity contribution in [2.24, 2.45) is 0 Å². The van der Waals surface area contributed by atoms with Crippen LogP contribution in [-0.2, 0) is 33.7 Å². The number of amides is 1. The Hall–Kier alpha value is -1.16. The number of β-lactam (4-membered cyclic amide) rings is 1. The minimum absolute atomic E-state index is 0.204. The number of ether oxygens (including phenoxy) is 2. The maximum atomic E-state index is 12.8. The molecule has 2 aliphatic heterocycles. The SMILES string of the molecule is CCCCCC(=O)OC(C)(C)OC(=O)[C@@H]1N2C(=O)[C@H](Br)[C@H]2S(=O)(=O)C1(C)C. The van der Waals surface area contributed by atoms with Gasteiger partial charge in [0, 0.05) is 20.3 Å². The molecule has 8 nitrogen and oxygen atoms in total. The number of nitrogens with zero attached hydrogens (tertiary/aromatic N) is 1. The molecule has 154 valence electrons. The Kier molecular flexibility index (Phi) is 6.02. The lowest BCUT2D eigenvalue weighted by molar-refractivity contribution is -0.221. The van der Waals surface area contributed by atoms with E-state index in [0.717, 1.165) is 17.7 Å². The number of carbonyl (C=O) groups excluding carboxylic acids is 3. The molecule has 0 unspecified atom stereocenters. The van der Waals surface area contributed by atoms with Crippen LogP contribution in [0, 0.1) is 0 Å². The predicted molar refractivity (Wildman–Crippen MR) is 101 cm³/mol. The first-order valence-electron chi connectivity index (χ1n) is 8.92. The third-order valence-electron chi connectivity index (χ3n) is 4.92. The molecule has 0 spiro atoms. The topological polar surface area (TPSA) is 107 Å². The number of rotatable bonds is 7. The second-order valence-corrected chi connectivity index (χ2v) is 11.5. The van der Waals surface area contributed by atoms with E-state index in [4.69, 9.17) is 9.47 Å². The van der Waals surface area contributed by atoms with Crippen LogP contribution < -0.4 is 0 Å². The van der Waals surface area contributed by atoms with Crippen molar-refractivity contribution in [2.45, 2.75) is 87.1 Å². The number of sulfone groups is 1. The number of hydrogen-bond acceptors (Lipinski definition) is 7. The molecule has 0 aromatic heterocycles. The van der Waals surface area contributed by atoms with Crippen molar-refractivity contribution >= 4 is 43.6 Å². The van der Waals surface area contributed by atoms with Crippen molar-refractivity contribution in [1.29, 1.82) is 0 Å². The van der Waals surface area contributed by atoms with Gasteiger partial charge < -0.3 is 14.4 Å². The van der Waals surface area contributed by atoms with Gasteiger partial charge in [0.25, 0.3) is 5.79 Å². The van der Waals surface area contributed by atoms with Gasteiger partial charge in [0.05, 0.1) is 0 Å². The van der Waals surface area contributed by atoms with Gasteiger partial charge in [-0.25, -0.2) is 13.2 Å². The van der Waals surface area contributed by atoms with Crippen LogP contribution in [0.2, 0.25) is 0 Å². The number of halogens is 1. The Bertz CT molecular complexity index is 746. The third kappa shape index (κ3) is 3.74. The molecule has 0 N–H and O–H groups in total. The summed E-state index contributed by atoms with van der Waals surface area (Å²) < 4.78 is 34.4. The molecule has 2 fully saturated rings. The van der Waals surface area contributed by atoms with Crippen LogP contribution >= 0.6 is 15.9 Å². The molecule has 1 amide bonds. The van der Waals surface area contributed by atoms with Crippen LogP contribution in [-0.4, -0.2) is 57.9 Å². The molecule has 0 bridgehead atoms.